The molecule has 0 aromatic heterocycles. The van der Waals surface area contributed by atoms with Crippen molar-refractivity contribution in [1.82, 2.24) is 4.90 Å². The number of aryl methyl sites for hydroxylation is 1. The molecule has 0 saturated carbocycles. The maximum atomic E-state index is 12.1. The van der Waals surface area contributed by atoms with Gasteiger partial charge in [0.05, 0.1) is 19.7 Å². The lowest BCUT2D eigenvalue weighted by molar-refractivity contribution is -0.146. The van der Waals surface area contributed by atoms with Gasteiger partial charge in [0.1, 0.15) is 28.7 Å². The van der Waals surface area contributed by atoms with Gasteiger partial charge in [-0.1, -0.05) is 6.07 Å². The van der Waals surface area contributed by atoms with Gasteiger partial charge in [0.15, 0.2) is 0 Å². The van der Waals surface area contributed by atoms with E-state index in [4.69, 9.17) is 25.6 Å². The predicted molar refractivity (Wildman–Crippen MR) is 94.4 cm³/mol. The fourth-order valence-corrected chi connectivity index (χ4v) is 2.69. The van der Waals surface area contributed by atoms with Crippen LogP contribution in [-0.4, -0.2) is 80.6 Å². The van der Waals surface area contributed by atoms with Crippen molar-refractivity contribution in [1.29, 1.82) is 0 Å². The van der Waals surface area contributed by atoms with Gasteiger partial charge in [-0.25, -0.2) is 4.79 Å². The van der Waals surface area contributed by atoms with Crippen molar-refractivity contribution in [2.75, 3.05) is 19.7 Å². The number of rotatable bonds is 8. The molecular weight excluding hydrogens is 359 g/mol. The normalized spacial score (nSPS) is 16.4. The molecule has 1 unspecified atom stereocenters. The van der Waals surface area contributed by atoms with Crippen LogP contribution in [0.1, 0.15) is 22.8 Å². The SMILES string of the molecule is CC(N)(CO)C(=O)N1CC(Oc2ccc(CCB(O)O)c(O)c2C(=O)O)C1. The minimum Gasteiger partial charge on any atom is -0.507 e. The minimum absolute atomic E-state index is 0.0527. The van der Waals surface area contributed by atoms with Crippen molar-refractivity contribution in [2.45, 2.75) is 31.3 Å². The molecule has 1 aromatic rings. The van der Waals surface area contributed by atoms with Crippen LogP contribution in [0, 0.1) is 0 Å². The molecule has 1 aliphatic heterocycles. The molecule has 1 amide bonds. The van der Waals surface area contributed by atoms with Gasteiger partial charge in [-0.3, -0.25) is 4.79 Å². The highest BCUT2D eigenvalue weighted by atomic mass is 16.5. The highest BCUT2D eigenvalue weighted by molar-refractivity contribution is 6.41. The zero-order chi connectivity index (χ0) is 20.4. The van der Waals surface area contributed by atoms with E-state index < -0.39 is 48.6 Å². The Morgan fingerprint density at radius 1 is 1.37 bits per heavy atom. The number of amides is 1. The lowest BCUT2D eigenvalue weighted by Crippen LogP contribution is -2.64. The van der Waals surface area contributed by atoms with Gasteiger partial charge in [-0.15, -0.1) is 0 Å². The first-order chi connectivity index (χ1) is 12.6. The maximum absolute atomic E-state index is 12.1. The zero-order valence-corrected chi connectivity index (χ0v) is 14.8. The van der Waals surface area contributed by atoms with Crippen LogP contribution < -0.4 is 10.5 Å². The van der Waals surface area contributed by atoms with E-state index in [1.807, 2.05) is 0 Å². The average molecular weight is 382 g/mol. The Morgan fingerprint density at radius 3 is 2.52 bits per heavy atom. The van der Waals surface area contributed by atoms with Gasteiger partial charge < -0.3 is 40.7 Å². The number of carbonyl (C=O) groups is 2. The molecule has 27 heavy (non-hydrogen) atoms. The van der Waals surface area contributed by atoms with Crippen molar-refractivity contribution in [3.63, 3.8) is 0 Å². The third kappa shape index (κ3) is 4.69. The standard InChI is InChI=1S/C16H23BN2O8/c1-16(18,8-20)15(24)19-6-10(7-19)27-11-3-2-9(4-5-17(25)26)13(21)12(11)14(22)23/h2-3,10,20-21,25-26H,4-8,18H2,1H3,(H,22,23). The van der Waals surface area contributed by atoms with Gasteiger partial charge in [0, 0.05) is 0 Å². The first kappa shape index (κ1) is 21.0. The molecule has 1 saturated heterocycles. The Kier molecular flexibility index (Phi) is 6.32. The second-order valence-corrected chi connectivity index (χ2v) is 6.80. The van der Waals surface area contributed by atoms with E-state index >= 15 is 0 Å². The number of aliphatic hydroxyl groups is 1. The molecule has 2 rings (SSSR count). The van der Waals surface area contributed by atoms with Crippen LogP contribution >= 0.6 is 0 Å². The van der Waals surface area contributed by atoms with E-state index in [9.17, 15) is 19.8 Å². The second kappa shape index (κ2) is 8.13. The van der Waals surface area contributed by atoms with Crippen molar-refractivity contribution in [3.05, 3.63) is 23.3 Å². The van der Waals surface area contributed by atoms with Gasteiger partial charge in [0.25, 0.3) is 0 Å². The van der Waals surface area contributed by atoms with E-state index in [0.29, 0.717) is 0 Å². The Morgan fingerprint density at radius 2 is 2.00 bits per heavy atom. The van der Waals surface area contributed by atoms with Gasteiger partial charge in [-0.2, -0.15) is 0 Å². The summed E-state index contributed by atoms with van der Waals surface area (Å²) >= 11 is 0. The van der Waals surface area contributed by atoms with Crippen LogP contribution in [-0.2, 0) is 11.2 Å². The van der Waals surface area contributed by atoms with E-state index in [0.717, 1.165) is 0 Å². The monoisotopic (exact) mass is 382 g/mol. The lowest BCUT2D eigenvalue weighted by Gasteiger charge is -2.42. The number of nitrogens with zero attached hydrogens (tertiary/aromatic N) is 1. The number of phenols is 1. The quantitative estimate of drug-likeness (QED) is 0.290. The highest BCUT2D eigenvalue weighted by Crippen LogP contribution is 2.34. The summed E-state index contributed by atoms with van der Waals surface area (Å²) < 4.78 is 5.59. The Labute approximate surface area is 155 Å². The third-order valence-corrected chi connectivity index (χ3v) is 4.35. The second-order valence-electron chi connectivity index (χ2n) is 6.80. The molecule has 148 valence electrons. The first-order valence-corrected chi connectivity index (χ1v) is 8.37. The topological polar surface area (TPSA) is 174 Å². The summed E-state index contributed by atoms with van der Waals surface area (Å²) in [6.07, 6.45) is -0.465. The van der Waals surface area contributed by atoms with Crippen LogP contribution in [0.3, 0.4) is 0 Å². The van der Waals surface area contributed by atoms with E-state index in [-0.39, 0.29) is 37.1 Å². The molecule has 1 aliphatic rings. The number of aromatic hydroxyl groups is 1. The molecule has 10 nitrogen and oxygen atoms in total. The number of likely N-dealkylation sites (tertiary alicyclic amines) is 1. The largest absolute Gasteiger partial charge is 0.507 e. The van der Waals surface area contributed by atoms with Gasteiger partial charge in [-0.05, 0) is 31.3 Å². The van der Waals surface area contributed by atoms with Crippen LogP contribution in [0.15, 0.2) is 12.1 Å². The predicted octanol–water partition coefficient (Wildman–Crippen LogP) is -1.59. The van der Waals surface area contributed by atoms with Crippen LogP contribution in [0.25, 0.3) is 0 Å². The van der Waals surface area contributed by atoms with Crippen molar-refractivity contribution >= 4 is 19.0 Å². The van der Waals surface area contributed by atoms with E-state index in [1.165, 1.54) is 24.0 Å². The van der Waals surface area contributed by atoms with Crippen LogP contribution in [0.5, 0.6) is 11.5 Å². The summed E-state index contributed by atoms with van der Waals surface area (Å²) in [6.45, 7) is 1.24. The highest BCUT2D eigenvalue weighted by Gasteiger charge is 2.40. The number of carbonyl (C=O) groups excluding carboxylic acids is 1. The van der Waals surface area contributed by atoms with Crippen LogP contribution in [0.2, 0.25) is 6.32 Å². The van der Waals surface area contributed by atoms with Gasteiger partial charge in [0.2, 0.25) is 5.91 Å². The number of aliphatic hydroxyl groups excluding tert-OH is 1. The van der Waals surface area contributed by atoms with E-state index in [1.54, 1.807) is 0 Å². The van der Waals surface area contributed by atoms with Crippen molar-refractivity contribution < 1.29 is 39.7 Å². The lowest BCUT2D eigenvalue weighted by atomic mass is 9.82. The molecule has 0 spiro atoms. The number of ether oxygens (including phenoxy) is 1. The molecular formula is C16H23BN2O8. The maximum Gasteiger partial charge on any atom is 0.451 e. The molecule has 1 atom stereocenters. The fourth-order valence-electron chi connectivity index (χ4n) is 2.69. The summed E-state index contributed by atoms with van der Waals surface area (Å²) in [7, 11) is -1.57. The Balaban J connectivity index is 2.08. The van der Waals surface area contributed by atoms with Crippen molar-refractivity contribution in [2.24, 2.45) is 5.73 Å². The number of aromatic carboxylic acids is 1. The molecule has 1 fully saturated rings. The number of benzene rings is 1. The summed E-state index contributed by atoms with van der Waals surface area (Å²) in [4.78, 5) is 25.0. The molecule has 0 aliphatic carbocycles. The summed E-state index contributed by atoms with van der Waals surface area (Å²) in [6, 6.07) is 2.83. The summed E-state index contributed by atoms with van der Waals surface area (Å²) in [5, 5.41) is 46.6. The molecule has 11 heteroatoms. The number of nitrogens with two attached hydrogens (primary N) is 1. The molecule has 0 bridgehead atoms. The number of hydrogen-bond acceptors (Lipinski definition) is 8. The average Bonchev–Trinajstić information content (AvgIpc) is 2.55. The first-order valence-electron chi connectivity index (χ1n) is 8.37. The molecule has 7 N–H and O–H groups in total. The molecule has 0 radical (unpaired) electrons. The summed E-state index contributed by atoms with van der Waals surface area (Å²) in [5.41, 5.74) is 4.12. The van der Waals surface area contributed by atoms with Gasteiger partial charge >= 0.3 is 13.1 Å². The van der Waals surface area contributed by atoms with Crippen LogP contribution in [0.4, 0.5) is 0 Å². The fraction of sp³-hybridized carbons (Fsp3) is 0.500. The summed E-state index contributed by atoms with van der Waals surface area (Å²) in [5.74, 6) is -2.38. The van der Waals surface area contributed by atoms with Crippen molar-refractivity contribution in [3.8, 4) is 11.5 Å². The van der Waals surface area contributed by atoms with E-state index in [2.05, 4.69) is 0 Å². The number of carboxylic acids is 1. The minimum atomic E-state index is -1.57. The third-order valence-electron chi connectivity index (χ3n) is 4.35. The Bertz CT molecular complexity index is 719. The smallest absolute Gasteiger partial charge is 0.451 e. The zero-order valence-electron chi connectivity index (χ0n) is 14.8. The number of hydrogen-bond donors (Lipinski definition) is 6. The number of carboxylic acid groups (broad SMARTS) is 1. The Hall–Kier alpha value is -2.34. The molecule has 1 aromatic carbocycles. The molecule has 1 heterocycles.